The molecule has 2 rings (SSSR count). The quantitative estimate of drug-likeness (QED) is 0.837. The fourth-order valence-corrected chi connectivity index (χ4v) is 2.37. The molecule has 20 heavy (non-hydrogen) atoms. The molecule has 1 amide bonds. The van der Waals surface area contributed by atoms with E-state index in [-0.39, 0.29) is 12.0 Å². The lowest BCUT2D eigenvalue weighted by atomic mass is 10.2. The first-order valence-electron chi connectivity index (χ1n) is 6.73. The Morgan fingerprint density at radius 2 is 2.40 bits per heavy atom. The van der Waals surface area contributed by atoms with Crippen LogP contribution in [0.25, 0.3) is 0 Å². The van der Waals surface area contributed by atoms with Crippen molar-refractivity contribution < 1.29 is 9.53 Å². The number of ether oxygens (including phenoxy) is 1. The van der Waals surface area contributed by atoms with Crippen LogP contribution in [0, 0.1) is 0 Å². The molecule has 1 aromatic carbocycles. The Bertz CT molecular complexity index is 481. The number of benzene rings is 1. The zero-order chi connectivity index (χ0) is 14.5. The first kappa shape index (κ1) is 15.1. The fourth-order valence-electron chi connectivity index (χ4n) is 2.25. The van der Waals surface area contributed by atoms with E-state index < -0.39 is 0 Å². The second-order valence-corrected chi connectivity index (χ2v) is 5.46. The van der Waals surface area contributed by atoms with Gasteiger partial charge in [-0.25, -0.2) is 0 Å². The van der Waals surface area contributed by atoms with Gasteiger partial charge in [0.2, 0.25) is 5.91 Å². The van der Waals surface area contributed by atoms with E-state index in [1.54, 1.807) is 18.2 Å². The Hall–Kier alpha value is -1.30. The molecule has 6 heteroatoms. The van der Waals surface area contributed by atoms with Crippen molar-refractivity contribution in [1.82, 2.24) is 4.90 Å². The minimum Gasteiger partial charge on any atom is -0.397 e. The fraction of sp³-hybridized carbons (Fsp3) is 0.500. The Morgan fingerprint density at radius 3 is 3.15 bits per heavy atom. The van der Waals surface area contributed by atoms with Gasteiger partial charge in [-0.05, 0) is 31.5 Å². The van der Waals surface area contributed by atoms with Crippen molar-refractivity contribution in [2.75, 3.05) is 37.3 Å². The van der Waals surface area contributed by atoms with Crippen LogP contribution in [-0.4, -0.2) is 43.2 Å². The molecular weight excluding hydrogens is 278 g/mol. The number of nitrogen functional groups attached to an aromatic ring is 1. The van der Waals surface area contributed by atoms with Crippen molar-refractivity contribution >= 4 is 28.9 Å². The molecule has 110 valence electrons. The number of anilines is 2. The van der Waals surface area contributed by atoms with Crippen LogP contribution < -0.4 is 11.1 Å². The molecule has 1 atom stereocenters. The number of nitrogens with one attached hydrogen (secondary N) is 1. The number of rotatable bonds is 3. The monoisotopic (exact) mass is 297 g/mol. The number of nitrogens with two attached hydrogens (primary N) is 1. The van der Waals surface area contributed by atoms with E-state index in [0.717, 1.165) is 26.1 Å². The van der Waals surface area contributed by atoms with Gasteiger partial charge in [-0.15, -0.1) is 0 Å². The topological polar surface area (TPSA) is 67.6 Å². The molecule has 1 unspecified atom stereocenters. The molecule has 1 saturated heterocycles. The third kappa shape index (κ3) is 4.37. The largest absolute Gasteiger partial charge is 0.397 e. The average molecular weight is 298 g/mol. The van der Waals surface area contributed by atoms with Crippen molar-refractivity contribution in [1.29, 1.82) is 0 Å². The summed E-state index contributed by atoms with van der Waals surface area (Å²) in [6, 6.07) is 5.08. The van der Waals surface area contributed by atoms with E-state index in [0.29, 0.717) is 22.9 Å². The van der Waals surface area contributed by atoms with E-state index in [2.05, 4.69) is 10.2 Å². The molecule has 0 saturated carbocycles. The highest BCUT2D eigenvalue weighted by Crippen LogP contribution is 2.22. The van der Waals surface area contributed by atoms with Crippen molar-refractivity contribution in [2.24, 2.45) is 0 Å². The normalized spacial score (nSPS) is 20.4. The molecule has 0 bridgehead atoms. The zero-order valence-electron chi connectivity index (χ0n) is 11.6. The van der Waals surface area contributed by atoms with E-state index >= 15 is 0 Å². The lowest BCUT2D eigenvalue weighted by Crippen LogP contribution is -2.37. The smallest absolute Gasteiger partial charge is 0.238 e. The van der Waals surface area contributed by atoms with Crippen LogP contribution in [-0.2, 0) is 9.53 Å². The van der Waals surface area contributed by atoms with Crippen LogP contribution in [0.2, 0.25) is 5.02 Å². The van der Waals surface area contributed by atoms with Crippen molar-refractivity contribution in [2.45, 2.75) is 19.4 Å². The van der Waals surface area contributed by atoms with Crippen LogP contribution in [0.15, 0.2) is 18.2 Å². The maximum Gasteiger partial charge on any atom is 0.238 e. The molecule has 0 aromatic heterocycles. The van der Waals surface area contributed by atoms with Gasteiger partial charge in [-0.3, -0.25) is 9.69 Å². The predicted octanol–water partition coefficient (Wildman–Crippen LogP) is 1.97. The maximum atomic E-state index is 12.0. The first-order chi connectivity index (χ1) is 9.54. The number of carbonyl (C=O) groups excluding carboxylic acids is 1. The Balaban J connectivity index is 1.89. The van der Waals surface area contributed by atoms with Gasteiger partial charge in [0.25, 0.3) is 0 Å². The third-order valence-electron chi connectivity index (χ3n) is 3.18. The van der Waals surface area contributed by atoms with Crippen LogP contribution in [0.1, 0.15) is 13.3 Å². The van der Waals surface area contributed by atoms with Crippen LogP contribution in [0.3, 0.4) is 0 Å². The Morgan fingerprint density at radius 1 is 1.60 bits per heavy atom. The SMILES string of the molecule is CC1CN(CC(=O)Nc2ccc(Cl)c(N)c2)CCCO1. The van der Waals surface area contributed by atoms with Gasteiger partial charge >= 0.3 is 0 Å². The van der Waals surface area contributed by atoms with Crippen molar-refractivity contribution in [3.05, 3.63) is 23.2 Å². The Kier molecular flexibility index (Phi) is 5.23. The molecular formula is C14H20ClN3O2. The summed E-state index contributed by atoms with van der Waals surface area (Å²) in [6.45, 7) is 4.79. The van der Waals surface area contributed by atoms with Gasteiger partial charge in [0.15, 0.2) is 0 Å². The van der Waals surface area contributed by atoms with Gasteiger partial charge in [-0.1, -0.05) is 11.6 Å². The highest BCUT2D eigenvalue weighted by molar-refractivity contribution is 6.33. The number of amides is 1. The average Bonchev–Trinajstić information content (AvgIpc) is 2.58. The molecule has 5 nitrogen and oxygen atoms in total. The summed E-state index contributed by atoms with van der Waals surface area (Å²) in [5.74, 6) is -0.0548. The summed E-state index contributed by atoms with van der Waals surface area (Å²) in [5, 5.41) is 3.32. The lowest BCUT2D eigenvalue weighted by molar-refractivity contribution is -0.117. The summed E-state index contributed by atoms with van der Waals surface area (Å²) in [7, 11) is 0. The van der Waals surface area contributed by atoms with Crippen LogP contribution in [0.5, 0.6) is 0 Å². The highest BCUT2D eigenvalue weighted by atomic mass is 35.5. The van der Waals surface area contributed by atoms with Gasteiger partial charge in [0.1, 0.15) is 0 Å². The molecule has 0 aliphatic carbocycles. The lowest BCUT2D eigenvalue weighted by Gasteiger charge is -2.21. The third-order valence-corrected chi connectivity index (χ3v) is 3.53. The Labute approximate surface area is 124 Å². The predicted molar refractivity (Wildman–Crippen MR) is 81.0 cm³/mol. The molecule has 0 radical (unpaired) electrons. The summed E-state index contributed by atoms with van der Waals surface area (Å²) < 4.78 is 5.56. The van der Waals surface area contributed by atoms with Crippen molar-refractivity contribution in [3.8, 4) is 0 Å². The van der Waals surface area contributed by atoms with E-state index in [9.17, 15) is 4.79 Å². The van der Waals surface area contributed by atoms with Gasteiger partial charge in [0.05, 0.1) is 23.4 Å². The van der Waals surface area contributed by atoms with Gasteiger partial charge in [0, 0.05) is 25.4 Å². The molecule has 0 spiro atoms. The number of hydrogen-bond donors (Lipinski definition) is 2. The first-order valence-corrected chi connectivity index (χ1v) is 7.11. The second-order valence-electron chi connectivity index (χ2n) is 5.05. The maximum absolute atomic E-state index is 12.0. The summed E-state index contributed by atoms with van der Waals surface area (Å²) >= 11 is 5.85. The van der Waals surface area contributed by atoms with E-state index in [1.807, 2.05) is 6.92 Å². The molecule has 1 aliphatic heterocycles. The minimum atomic E-state index is -0.0548. The van der Waals surface area contributed by atoms with Crippen molar-refractivity contribution in [3.63, 3.8) is 0 Å². The summed E-state index contributed by atoms with van der Waals surface area (Å²) in [4.78, 5) is 14.1. The minimum absolute atomic E-state index is 0.0548. The molecule has 3 N–H and O–H groups in total. The van der Waals surface area contributed by atoms with E-state index in [4.69, 9.17) is 22.1 Å². The molecule has 1 aromatic rings. The standard InChI is InChI=1S/C14H20ClN3O2/c1-10-8-18(5-2-6-20-10)9-14(19)17-11-3-4-12(15)13(16)7-11/h3-4,7,10H,2,5-6,8-9,16H2,1H3,(H,17,19). The summed E-state index contributed by atoms with van der Waals surface area (Å²) in [5.41, 5.74) is 6.83. The molecule has 1 aliphatic rings. The molecule has 1 fully saturated rings. The number of nitrogens with zero attached hydrogens (tertiary/aromatic N) is 1. The zero-order valence-corrected chi connectivity index (χ0v) is 12.3. The number of hydrogen-bond acceptors (Lipinski definition) is 4. The van der Waals surface area contributed by atoms with Crippen LogP contribution in [0.4, 0.5) is 11.4 Å². The molecule has 1 heterocycles. The number of carbonyl (C=O) groups is 1. The number of halogens is 1. The second kappa shape index (κ2) is 6.92. The van der Waals surface area contributed by atoms with Gasteiger partial charge in [-0.2, -0.15) is 0 Å². The van der Waals surface area contributed by atoms with Gasteiger partial charge < -0.3 is 15.8 Å². The summed E-state index contributed by atoms with van der Waals surface area (Å²) in [6.07, 6.45) is 1.11. The highest BCUT2D eigenvalue weighted by Gasteiger charge is 2.17. The van der Waals surface area contributed by atoms with E-state index in [1.165, 1.54) is 0 Å². The van der Waals surface area contributed by atoms with Crippen LogP contribution >= 0.6 is 11.6 Å².